The molecule has 1 N–H and O–H groups in total. The predicted octanol–water partition coefficient (Wildman–Crippen LogP) is 6.40. The monoisotopic (exact) mass is 500 g/mol. The number of carbonyl (C=O) groups is 1. The number of halogens is 3. The maximum atomic E-state index is 15.2. The van der Waals surface area contributed by atoms with Gasteiger partial charge >= 0.3 is 0 Å². The number of nitrogens with zero attached hydrogens (tertiary/aromatic N) is 3. The minimum absolute atomic E-state index is 0.00297. The first-order valence-electron chi connectivity index (χ1n) is 11.4. The molecule has 1 atom stereocenters. The van der Waals surface area contributed by atoms with E-state index in [1.54, 1.807) is 17.9 Å². The lowest BCUT2D eigenvalue weighted by Crippen LogP contribution is -2.23. The number of benzene rings is 1. The van der Waals surface area contributed by atoms with Crippen LogP contribution in [0.5, 0.6) is 5.75 Å². The van der Waals surface area contributed by atoms with Crippen molar-refractivity contribution in [3.8, 4) is 17.0 Å². The lowest BCUT2D eigenvalue weighted by Gasteiger charge is -2.22. The van der Waals surface area contributed by atoms with Gasteiger partial charge in [-0.05, 0) is 52.8 Å². The van der Waals surface area contributed by atoms with Crippen LogP contribution in [0.4, 0.5) is 14.6 Å². The fourth-order valence-electron chi connectivity index (χ4n) is 4.01. The van der Waals surface area contributed by atoms with Crippen LogP contribution in [0.2, 0.25) is 5.02 Å². The molecular formula is C26H27ClF2N4O2. The summed E-state index contributed by atoms with van der Waals surface area (Å²) < 4.78 is 36.2. The molecule has 0 fully saturated rings. The lowest BCUT2D eigenvalue weighted by molar-refractivity contribution is 0.0787. The highest BCUT2D eigenvalue weighted by Crippen LogP contribution is 2.35. The molecule has 0 aliphatic carbocycles. The Kier molecular flexibility index (Phi) is 6.68. The summed E-state index contributed by atoms with van der Waals surface area (Å²) in [7, 11) is 0. The Morgan fingerprint density at radius 3 is 2.60 bits per heavy atom. The zero-order chi connectivity index (χ0) is 25.5. The van der Waals surface area contributed by atoms with Crippen molar-refractivity contribution in [2.24, 2.45) is 0 Å². The number of fused-ring (bicyclic) bond motifs is 1. The first kappa shape index (κ1) is 24.9. The second kappa shape index (κ2) is 9.41. The fraction of sp³-hybridized carbons (Fsp3) is 0.346. The van der Waals surface area contributed by atoms with E-state index in [4.69, 9.17) is 16.3 Å². The van der Waals surface area contributed by atoms with Gasteiger partial charge in [-0.2, -0.15) is 0 Å². The van der Waals surface area contributed by atoms with Gasteiger partial charge in [-0.15, -0.1) is 0 Å². The predicted molar refractivity (Wildman–Crippen MR) is 132 cm³/mol. The van der Waals surface area contributed by atoms with Crippen molar-refractivity contribution in [3.63, 3.8) is 0 Å². The molecule has 6 nitrogen and oxygen atoms in total. The second-order valence-corrected chi connectivity index (χ2v) is 9.85. The van der Waals surface area contributed by atoms with E-state index in [0.717, 1.165) is 17.7 Å². The van der Waals surface area contributed by atoms with Gasteiger partial charge in [-0.3, -0.25) is 9.78 Å². The number of anilines is 1. The Hall–Kier alpha value is -3.26. The van der Waals surface area contributed by atoms with E-state index in [9.17, 15) is 4.79 Å². The molecule has 0 spiro atoms. The van der Waals surface area contributed by atoms with Crippen LogP contribution in [0.3, 0.4) is 0 Å². The minimum atomic E-state index is -0.634. The molecule has 3 heterocycles. The van der Waals surface area contributed by atoms with E-state index in [-0.39, 0.29) is 27.8 Å². The SMILES string of the molecule is CCN1Cc2c(ccnc2NC(C)c2cc(F)c(-c3cc(OC(C)(C)C)c(Cl)cn3)cc2F)C1=O. The highest BCUT2D eigenvalue weighted by atomic mass is 35.5. The smallest absolute Gasteiger partial charge is 0.254 e. The molecule has 1 amide bonds. The van der Waals surface area contributed by atoms with Crippen molar-refractivity contribution in [1.82, 2.24) is 14.9 Å². The van der Waals surface area contributed by atoms with Crippen LogP contribution in [0.1, 0.15) is 62.1 Å². The average Bonchev–Trinajstić information content (AvgIpc) is 3.12. The van der Waals surface area contributed by atoms with E-state index in [1.165, 1.54) is 18.5 Å². The number of ether oxygens (including phenoxy) is 1. The van der Waals surface area contributed by atoms with Gasteiger partial charge in [-0.1, -0.05) is 11.6 Å². The summed E-state index contributed by atoms with van der Waals surface area (Å²) in [5.41, 5.74) is 1.12. The highest BCUT2D eigenvalue weighted by molar-refractivity contribution is 6.32. The number of hydrogen-bond donors (Lipinski definition) is 1. The van der Waals surface area contributed by atoms with Gasteiger partial charge in [0, 0.05) is 47.3 Å². The van der Waals surface area contributed by atoms with Gasteiger partial charge in [0.05, 0.1) is 18.3 Å². The third-order valence-electron chi connectivity index (χ3n) is 5.72. The largest absolute Gasteiger partial charge is 0.486 e. The molecule has 1 unspecified atom stereocenters. The maximum absolute atomic E-state index is 15.2. The van der Waals surface area contributed by atoms with Crippen molar-refractivity contribution in [2.75, 3.05) is 11.9 Å². The summed E-state index contributed by atoms with van der Waals surface area (Å²) in [6, 6.07) is 4.83. The average molecular weight is 501 g/mol. The number of amides is 1. The van der Waals surface area contributed by atoms with E-state index >= 15 is 8.78 Å². The van der Waals surface area contributed by atoms with Crippen LogP contribution in [-0.2, 0) is 6.54 Å². The minimum Gasteiger partial charge on any atom is -0.486 e. The molecule has 0 bridgehead atoms. The molecule has 1 aliphatic rings. The van der Waals surface area contributed by atoms with Crippen molar-refractivity contribution in [3.05, 3.63) is 70.0 Å². The number of hydrogen-bond acceptors (Lipinski definition) is 5. The van der Waals surface area contributed by atoms with Crippen molar-refractivity contribution in [2.45, 2.75) is 52.8 Å². The maximum Gasteiger partial charge on any atom is 0.254 e. The van der Waals surface area contributed by atoms with E-state index in [1.807, 2.05) is 27.7 Å². The Balaban J connectivity index is 1.62. The van der Waals surface area contributed by atoms with Gasteiger partial charge in [-0.25, -0.2) is 13.8 Å². The normalized spacial score (nSPS) is 14.2. The van der Waals surface area contributed by atoms with Crippen LogP contribution in [0.15, 0.2) is 36.7 Å². The third kappa shape index (κ3) is 5.07. The Bertz CT molecular complexity index is 1290. The summed E-state index contributed by atoms with van der Waals surface area (Å²) in [6.07, 6.45) is 2.89. The van der Waals surface area contributed by atoms with Crippen LogP contribution >= 0.6 is 11.6 Å². The van der Waals surface area contributed by atoms with Crippen LogP contribution in [0, 0.1) is 11.6 Å². The van der Waals surface area contributed by atoms with Crippen LogP contribution in [-0.4, -0.2) is 32.9 Å². The summed E-state index contributed by atoms with van der Waals surface area (Å²) in [4.78, 5) is 22.7. The summed E-state index contributed by atoms with van der Waals surface area (Å²) in [5, 5.41) is 3.42. The molecule has 9 heteroatoms. The topological polar surface area (TPSA) is 67.3 Å². The zero-order valence-electron chi connectivity index (χ0n) is 20.2. The van der Waals surface area contributed by atoms with Crippen LogP contribution in [0.25, 0.3) is 11.3 Å². The molecule has 4 rings (SSSR count). The van der Waals surface area contributed by atoms with Gasteiger partial charge in [0.25, 0.3) is 5.91 Å². The third-order valence-corrected chi connectivity index (χ3v) is 6.01. The fourth-order valence-corrected chi connectivity index (χ4v) is 4.16. The molecule has 35 heavy (non-hydrogen) atoms. The van der Waals surface area contributed by atoms with E-state index in [2.05, 4.69) is 15.3 Å². The Morgan fingerprint density at radius 1 is 1.17 bits per heavy atom. The van der Waals surface area contributed by atoms with Gasteiger partial charge < -0.3 is 15.0 Å². The van der Waals surface area contributed by atoms with Crippen molar-refractivity contribution < 1.29 is 18.3 Å². The molecule has 1 aromatic carbocycles. The molecule has 0 saturated carbocycles. The molecular weight excluding hydrogens is 474 g/mol. The first-order valence-corrected chi connectivity index (χ1v) is 11.7. The molecule has 0 radical (unpaired) electrons. The van der Waals surface area contributed by atoms with Gasteiger partial charge in [0.2, 0.25) is 0 Å². The summed E-state index contributed by atoms with van der Waals surface area (Å²) in [5.74, 6) is -0.484. The number of aromatic nitrogens is 2. The number of pyridine rings is 2. The lowest BCUT2D eigenvalue weighted by atomic mass is 10.0. The summed E-state index contributed by atoms with van der Waals surface area (Å²) >= 11 is 6.18. The quantitative estimate of drug-likeness (QED) is 0.424. The molecule has 184 valence electrons. The van der Waals surface area contributed by atoms with E-state index in [0.29, 0.717) is 30.2 Å². The second-order valence-electron chi connectivity index (χ2n) is 9.44. The molecule has 0 saturated heterocycles. The summed E-state index contributed by atoms with van der Waals surface area (Å²) in [6.45, 7) is 10.2. The molecule has 1 aliphatic heterocycles. The van der Waals surface area contributed by atoms with Gasteiger partial charge in [0.1, 0.15) is 33.8 Å². The molecule has 3 aromatic rings. The standard InChI is InChI=1S/C26H27ClF2N4O2/c1-6-33-13-18-15(25(33)34)7-8-30-24(18)32-14(2)16-9-21(29)17(10-20(16)28)22-11-23(19(27)12-31-22)35-26(3,4)5/h7-12,14H,6,13H2,1-5H3,(H,30,32). The molecule has 2 aromatic heterocycles. The Morgan fingerprint density at radius 2 is 1.91 bits per heavy atom. The number of nitrogens with one attached hydrogen (secondary N) is 1. The van der Waals surface area contributed by atoms with Crippen molar-refractivity contribution >= 4 is 23.3 Å². The number of carbonyl (C=O) groups excluding carboxylic acids is 1. The first-order chi connectivity index (χ1) is 16.5. The number of rotatable bonds is 6. The van der Waals surface area contributed by atoms with E-state index < -0.39 is 23.3 Å². The zero-order valence-corrected chi connectivity index (χ0v) is 21.0. The van der Waals surface area contributed by atoms with Gasteiger partial charge in [0.15, 0.2) is 0 Å². The van der Waals surface area contributed by atoms with Crippen LogP contribution < -0.4 is 10.1 Å². The highest BCUT2D eigenvalue weighted by Gasteiger charge is 2.29. The van der Waals surface area contributed by atoms with Crippen molar-refractivity contribution in [1.29, 1.82) is 0 Å². The Labute approximate surface area is 208 Å².